The van der Waals surface area contributed by atoms with Crippen molar-refractivity contribution >= 4 is 11.3 Å². The monoisotopic (exact) mass is 304 g/mol. The van der Waals surface area contributed by atoms with Gasteiger partial charge in [-0.3, -0.25) is 0 Å². The third-order valence-electron chi connectivity index (χ3n) is 3.23. The average molecular weight is 304 g/mol. The van der Waals surface area contributed by atoms with Crippen LogP contribution < -0.4 is 5.32 Å². The molecule has 0 fully saturated rings. The first-order valence-electron chi connectivity index (χ1n) is 7.22. The van der Waals surface area contributed by atoms with Gasteiger partial charge in [0.1, 0.15) is 0 Å². The Morgan fingerprint density at radius 2 is 1.86 bits per heavy atom. The van der Waals surface area contributed by atoms with Crippen LogP contribution in [0, 0.1) is 0 Å². The van der Waals surface area contributed by atoms with Crippen molar-refractivity contribution < 1.29 is 4.74 Å². The summed E-state index contributed by atoms with van der Waals surface area (Å²) in [7, 11) is 1.73. The molecule has 114 valence electrons. The van der Waals surface area contributed by atoms with Crippen LogP contribution in [0.2, 0.25) is 0 Å². The van der Waals surface area contributed by atoms with Gasteiger partial charge in [-0.2, -0.15) is 0 Å². The summed E-state index contributed by atoms with van der Waals surface area (Å²) < 4.78 is 5.24. The second-order valence-electron chi connectivity index (χ2n) is 6.20. The van der Waals surface area contributed by atoms with Crippen molar-refractivity contribution in [2.45, 2.75) is 45.9 Å². The van der Waals surface area contributed by atoms with Gasteiger partial charge in [0, 0.05) is 31.0 Å². The van der Waals surface area contributed by atoms with Gasteiger partial charge in [0.25, 0.3) is 0 Å². The molecule has 4 heteroatoms. The summed E-state index contributed by atoms with van der Waals surface area (Å²) in [5, 5.41) is 6.81. The van der Waals surface area contributed by atoms with Gasteiger partial charge in [-0.05, 0) is 11.1 Å². The number of benzene rings is 1. The number of methoxy groups -OCH3 is 1. The Bertz CT molecular complexity index is 572. The maximum absolute atomic E-state index is 5.24. The highest BCUT2D eigenvalue weighted by atomic mass is 32.1. The second-order valence-corrected chi connectivity index (χ2v) is 7.06. The number of hydrogen-bond donors (Lipinski definition) is 1. The van der Waals surface area contributed by atoms with E-state index in [2.05, 4.69) is 49.7 Å². The van der Waals surface area contributed by atoms with E-state index >= 15 is 0 Å². The van der Waals surface area contributed by atoms with Crippen LogP contribution in [0.1, 0.15) is 42.6 Å². The molecule has 3 nitrogen and oxygen atoms in total. The topological polar surface area (TPSA) is 34.1 Å². The Hall–Kier alpha value is -1.23. The third-order valence-corrected chi connectivity index (χ3v) is 4.55. The lowest BCUT2D eigenvalue weighted by atomic mass is 9.98. The van der Waals surface area contributed by atoms with Gasteiger partial charge in [0.05, 0.1) is 17.3 Å². The van der Waals surface area contributed by atoms with Crippen molar-refractivity contribution in [3.05, 3.63) is 51.5 Å². The second kappa shape index (κ2) is 7.16. The van der Waals surface area contributed by atoms with Gasteiger partial charge >= 0.3 is 0 Å². The minimum absolute atomic E-state index is 0.133. The minimum Gasteiger partial charge on any atom is -0.380 e. The van der Waals surface area contributed by atoms with Gasteiger partial charge in [0.15, 0.2) is 0 Å². The molecule has 1 aromatic carbocycles. The van der Waals surface area contributed by atoms with E-state index in [0.29, 0.717) is 6.61 Å². The Morgan fingerprint density at radius 3 is 2.48 bits per heavy atom. The Kier molecular flexibility index (Phi) is 5.51. The highest BCUT2D eigenvalue weighted by molar-refractivity contribution is 7.09. The van der Waals surface area contributed by atoms with Gasteiger partial charge in [-0.15, -0.1) is 11.3 Å². The van der Waals surface area contributed by atoms with Gasteiger partial charge in [-0.25, -0.2) is 4.98 Å². The predicted molar refractivity (Wildman–Crippen MR) is 88.5 cm³/mol. The van der Waals surface area contributed by atoms with Crippen LogP contribution in [0.3, 0.4) is 0 Å². The normalized spacial score (nSPS) is 11.8. The molecule has 2 rings (SSSR count). The molecule has 1 aromatic heterocycles. The van der Waals surface area contributed by atoms with E-state index in [1.165, 1.54) is 16.1 Å². The molecule has 21 heavy (non-hydrogen) atoms. The number of nitrogens with zero attached hydrogens (tertiary/aromatic N) is 1. The Morgan fingerprint density at radius 1 is 1.14 bits per heavy atom. The predicted octanol–water partition coefficient (Wildman–Crippen LogP) is 3.88. The van der Waals surface area contributed by atoms with Gasteiger partial charge < -0.3 is 10.1 Å². The molecule has 0 spiro atoms. The molecule has 0 aliphatic carbocycles. The largest absolute Gasteiger partial charge is 0.380 e. The van der Waals surface area contributed by atoms with Gasteiger partial charge in [-0.1, -0.05) is 45.0 Å². The van der Waals surface area contributed by atoms with Crippen LogP contribution in [0.25, 0.3) is 0 Å². The zero-order valence-corrected chi connectivity index (χ0v) is 14.1. The summed E-state index contributed by atoms with van der Waals surface area (Å²) >= 11 is 1.74. The summed E-state index contributed by atoms with van der Waals surface area (Å²) in [4.78, 5) is 4.70. The first kappa shape index (κ1) is 16.1. The number of ether oxygens (including phenoxy) is 1. The van der Waals surface area contributed by atoms with Crippen molar-refractivity contribution in [2.75, 3.05) is 7.11 Å². The number of aromatic nitrogens is 1. The van der Waals surface area contributed by atoms with Crippen LogP contribution in [-0.2, 0) is 29.8 Å². The molecule has 0 aliphatic heterocycles. The van der Waals surface area contributed by atoms with Gasteiger partial charge in [0.2, 0.25) is 0 Å². The van der Waals surface area contributed by atoms with E-state index in [4.69, 9.17) is 9.72 Å². The quantitative estimate of drug-likeness (QED) is 0.879. The summed E-state index contributed by atoms with van der Waals surface area (Å²) in [5.74, 6) is 0. The van der Waals surface area contributed by atoms with E-state index < -0.39 is 0 Å². The third kappa shape index (κ3) is 4.63. The maximum atomic E-state index is 5.24. The Balaban J connectivity index is 1.91. The summed E-state index contributed by atoms with van der Waals surface area (Å²) in [6.07, 6.45) is 0. The molecule has 0 amide bonds. The summed E-state index contributed by atoms with van der Waals surface area (Å²) in [5.41, 5.74) is 3.77. The van der Waals surface area contributed by atoms with Crippen molar-refractivity contribution in [3.63, 3.8) is 0 Å². The Labute approximate surface area is 131 Å². The highest BCUT2D eigenvalue weighted by Gasteiger charge is 2.17. The van der Waals surface area contributed by atoms with Crippen LogP contribution in [-0.4, -0.2) is 12.1 Å². The fraction of sp³-hybridized carbons (Fsp3) is 0.471. The molecule has 1 heterocycles. The molecule has 0 unspecified atom stereocenters. The summed E-state index contributed by atoms with van der Waals surface area (Å²) in [6, 6.07) is 8.37. The molecule has 0 radical (unpaired) electrons. The van der Waals surface area contributed by atoms with Crippen LogP contribution in [0.4, 0.5) is 0 Å². The molecule has 0 saturated carbocycles. The smallest absolute Gasteiger partial charge is 0.0982 e. The highest BCUT2D eigenvalue weighted by Crippen LogP contribution is 2.25. The molecule has 2 aromatic rings. The van der Waals surface area contributed by atoms with E-state index in [9.17, 15) is 0 Å². The van der Waals surface area contributed by atoms with Crippen molar-refractivity contribution in [3.8, 4) is 0 Å². The van der Waals surface area contributed by atoms with Crippen molar-refractivity contribution in [1.29, 1.82) is 0 Å². The lowest BCUT2D eigenvalue weighted by Crippen LogP contribution is -2.15. The van der Waals surface area contributed by atoms with Crippen LogP contribution in [0.5, 0.6) is 0 Å². The van der Waals surface area contributed by atoms with Crippen LogP contribution >= 0.6 is 11.3 Å². The molecular formula is C17H24N2OS. The lowest BCUT2D eigenvalue weighted by Gasteiger charge is -2.13. The van der Waals surface area contributed by atoms with E-state index in [1.54, 1.807) is 18.4 Å². The minimum atomic E-state index is 0.133. The molecular weight excluding hydrogens is 280 g/mol. The molecule has 0 atom stereocenters. The summed E-state index contributed by atoms with van der Waals surface area (Å²) in [6.45, 7) is 8.89. The molecule has 0 bridgehead atoms. The maximum Gasteiger partial charge on any atom is 0.0982 e. The standard InChI is InChI=1S/C17H24N2OS/c1-17(2,3)16-19-15(12-21-16)10-18-9-13-7-5-6-8-14(13)11-20-4/h5-8,12,18H,9-11H2,1-4H3. The number of hydrogen-bond acceptors (Lipinski definition) is 4. The first-order valence-corrected chi connectivity index (χ1v) is 8.10. The first-order chi connectivity index (χ1) is 10.0. The fourth-order valence-corrected chi connectivity index (χ4v) is 2.99. The molecule has 1 N–H and O–H groups in total. The van der Waals surface area contributed by atoms with E-state index in [0.717, 1.165) is 18.8 Å². The zero-order valence-electron chi connectivity index (χ0n) is 13.3. The molecule has 0 saturated heterocycles. The zero-order chi connectivity index (χ0) is 15.3. The van der Waals surface area contributed by atoms with Crippen molar-refractivity contribution in [1.82, 2.24) is 10.3 Å². The fourth-order valence-electron chi connectivity index (χ4n) is 2.08. The number of rotatable bonds is 6. The number of nitrogens with one attached hydrogen (secondary N) is 1. The van der Waals surface area contributed by atoms with Crippen LogP contribution in [0.15, 0.2) is 29.6 Å². The van der Waals surface area contributed by atoms with E-state index in [1.807, 2.05) is 6.07 Å². The number of thiazole rings is 1. The molecule has 0 aliphatic rings. The van der Waals surface area contributed by atoms with E-state index in [-0.39, 0.29) is 5.41 Å². The average Bonchev–Trinajstić information content (AvgIpc) is 2.90. The SMILES string of the molecule is COCc1ccccc1CNCc1csc(C(C)(C)C)n1. The lowest BCUT2D eigenvalue weighted by molar-refractivity contribution is 0.184. The van der Waals surface area contributed by atoms with Crippen molar-refractivity contribution in [2.24, 2.45) is 0 Å².